The number of rotatable bonds is 5. The molecule has 1 saturated carbocycles. The van der Waals surface area contributed by atoms with E-state index in [4.69, 9.17) is 14.6 Å². The standard InChI is InChI=1S/C16H30O2.CH4O/c1-13(11-14-7-5-4-6-8-14)9-10-15-16(2,3)18-12-17-15;1-2/h13-15H,4-12H2,1-3H3;2H,1H3/t13-,15+;/m1./s1. The van der Waals surface area contributed by atoms with Gasteiger partial charge in [0, 0.05) is 7.11 Å². The van der Waals surface area contributed by atoms with Gasteiger partial charge in [-0.3, -0.25) is 0 Å². The normalized spacial score (nSPS) is 27.8. The Balaban J connectivity index is 0.000000956. The van der Waals surface area contributed by atoms with Crippen LogP contribution < -0.4 is 0 Å². The Morgan fingerprint density at radius 2 is 1.80 bits per heavy atom. The molecule has 2 atom stereocenters. The van der Waals surface area contributed by atoms with Crippen molar-refractivity contribution in [2.45, 2.75) is 83.8 Å². The zero-order chi connectivity index (χ0) is 15.0. The van der Waals surface area contributed by atoms with Crippen molar-refractivity contribution in [2.24, 2.45) is 11.8 Å². The van der Waals surface area contributed by atoms with E-state index in [2.05, 4.69) is 20.8 Å². The maximum Gasteiger partial charge on any atom is 0.148 e. The molecule has 0 radical (unpaired) electrons. The molecule has 0 amide bonds. The fourth-order valence-corrected chi connectivity index (χ4v) is 3.54. The highest BCUT2D eigenvalue weighted by atomic mass is 16.7. The monoisotopic (exact) mass is 286 g/mol. The molecule has 0 aromatic rings. The molecule has 2 fully saturated rings. The first-order valence-electron chi connectivity index (χ1n) is 8.28. The number of aliphatic hydroxyl groups excluding tert-OH is 1. The SMILES string of the molecule is CO.C[C@H](CC[C@@H]1OCOC1(C)C)CC1CCCCC1. The zero-order valence-corrected chi connectivity index (χ0v) is 13.9. The van der Waals surface area contributed by atoms with Gasteiger partial charge in [-0.2, -0.15) is 0 Å². The van der Waals surface area contributed by atoms with Gasteiger partial charge in [-0.05, 0) is 44.9 Å². The second kappa shape index (κ2) is 9.01. The van der Waals surface area contributed by atoms with Crippen molar-refractivity contribution < 1.29 is 14.6 Å². The van der Waals surface area contributed by atoms with Gasteiger partial charge in [-0.15, -0.1) is 0 Å². The summed E-state index contributed by atoms with van der Waals surface area (Å²) in [7, 11) is 1.00. The van der Waals surface area contributed by atoms with Crippen molar-refractivity contribution in [2.75, 3.05) is 13.9 Å². The molecule has 0 aromatic carbocycles. The second-order valence-corrected chi connectivity index (χ2v) is 6.94. The quantitative estimate of drug-likeness (QED) is 0.825. The van der Waals surface area contributed by atoms with Crippen LogP contribution in [0.3, 0.4) is 0 Å². The van der Waals surface area contributed by atoms with E-state index in [1.54, 1.807) is 0 Å². The third kappa shape index (κ3) is 5.71. The summed E-state index contributed by atoms with van der Waals surface area (Å²) in [6.45, 7) is 7.19. The van der Waals surface area contributed by atoms with Crippen LogP contribution in [0.2, 0.25) is 0 Å². The summed E-state index contributed by atoms with van der Waals surface area (Å²) in [6.07, 6.45) is 11.5. The third-order valence-corrected chi connectivity index (χ3v) is 4.86. The van der Waals surface area contributed by atoms with Gasteiger partial charge in [-0.25, -0.2) is 0 Å². The minimum Gasteiger partial charge on any atom is -0.400 e. The fourth-order valence-electron chi connectivity index (χ4n) is 3.54. The summed E-state index contributed by atoms with van der Waals surface area (Å²) in [5.41, 5.74) is -0.0788. The summed E-state index contributed by atoms with van der Waals surface area (Å²) in [5.74, 6) is 1.84. The molecular formula is C17H34O3. The van der Waals surface area contributed by atoms with Crippen LogP contribution in [0.15, 0.2) is 0 Å². The third-order valence-electron chi connectivity index (χ3n) is 4.86. The van der Waals surface area contributed by atoms with E-state index in [-0.39, 0.29) is 5.60 Å². The zero-order valence-electron chi connectivity index (χ0n) is 13.9. The van der Waals surface area contributed by atoms with Gasteiger partial charge in [0.2, 0.25) is 0 Å². The lowest BCUT2D eigenvalue weighted by atomic mass is 9.81. The smallest absolute Gasteiger partial charge is 0.148 e. The first-order valence-corrected chi connectivity index (χ1v) is 8.28. The van der Waals surface area contributed by atoms with E-state index in [0.29, 0.717) is 12.9 Å². The summed E-state index contributed by atoms with van der Waals surface area (Å²) >= 11 is 0. The van der Waals surface area contributed by atoms with Crippen molar-refractivity contribution in [3.63, 3.8) is 0 Å². The van der Waals surface area contributed by atoms with Crippen LogP contribution in [-0.2, 0) is 9.47 Å². The maximum absolute atomic E-state index is 7.00. The van der Waals surface area contributed by atoms with Gasteiger partial charge in [0.15, 0.2) is 0 Å². The number of ether oxygens (including phenoxy) is 2. The highest BCUT2D eigenvalue weighted by Gasteiger charge is 2.36. The molecule has 0 unspecified atom stereocenters. The van der Waals surface area contributed by atoms with Crippen LogP contribution in [0.1, 0.15) is 72.1 Å². The number of hydrogen-bond acceptors (Lipinski definition) is 3. The number of aliphatic hydroxyl groups is 1. The maximum atomic E-state index is 7.00. The summed E-state index contributed by atoms with van der Waals surface area (Å²) in [5, 5.41) is 7.00. The lowest BCUT2D eigenvalue weighted by molar-refractivity contribution is 0.0121. The average Bonchev–Trinajstić information content (AvgIpc) is 2.79. The first kappa shape index (κ1) is 17.9. The molecule has 1 saturated heterocycles. The van der Waals surface area contributed by atoms with Crippen molar-refractivity contribution >= 4 is 0 Å². The van der Waals surface area contributed by atoms with Gasteiger partial charge >= 0.3 is 0 Å². The molecule has 0 aromatic heterocycles. The molecule has 2 rings (SSSR count). The predicted molar refractivity (Wildman–Crippen MR) is 82.6 cm³/mol. The van der Waals surface area contributed by atoms with Crippen molar-refractivity contribution in [1.82, 2.24) is 0 Å². The molecule has 1 heterocycles. The molecular weight excluding hydrogens is 252 g/mol. The van der Waals surface area contributed by atoms with E-state index >= 15 is 0 Å². The molecule has 1 aliphatic carbocycles. The molecule has 20 heavy (non-hydrogen) atoms. The molecule has 3 nitrogen and oxygen atoms in total. The van der Waals surface area contributed by atoms with Crippen molar-refractivity contribution in [1.29, 1.82) is 0 Å². The fraction of sp³-hybridized carbons (Fsp3) is 1.00. The van der Waals surface area contributed by atoms with E-state index in [0.717, 1.165) is 25.4 Å². The van der Waals surface area contributed by atoms with E-state index < -0.39 is 0 Å². The molecule has 120 valence electrons. The van der Waals surface area contributed by atoms with E-state index in [1.807, 2.05) is 0 Å². The van der Waals surface area contributed by atoms with E-state index in [1.165, 1.54) is 44.9 Å². The molecule has 1 N–H and O–H groups in total. The number of hydrogen-bond donors (Lipinski definition) is 1. The molecule has 0 spiro atoms. The van der Waals surface area contributed by atoms with Crippen LogP contribution in [0.25, 0.3) is 0 Å². The minimum absolute atomic E-state index is 0.0788. The van der Waals surface area contributed by atoms with Gasteiger partial charge in [-0.1, -0.05) is 39.0 Å². The summed E-state index contributed by atoms with van der Waals surface area (Å²) in [6, 6.07) is 0. The Kier molecular flexibility index (Phi) is 8.08. The first-order chi connectivity index (χ1) is 9.58. The highest BCUT2D eigenvalue weighted by Crippen LogP contribution is 2.33. The Hall–Kier alpha value is -0.120. The van der Waals surface area contributed by atoms with Crippen molar-refractivity contribution in [3.8, 4) is 0 Å². The van der Waals surface area contributed by atoms with Crippen LogP contribution in [0.4, 0.5) is 0 Å². The molecule has 0 bridgehead atoms. The van der Waals surface area contributed by atoms with Crippen molar-refractivity contribution in [3.05, 3.63) is 0 Å². The molecule has 3 heteroatoms. The van der Waals surface area contributed by atoms with Gasteiger partial charge in [0.1, 0.15) is 6.79 Å². The average molecular weight is 286 g/mol. The van der Waals surface area contributed by atoms with Gasteiger partial charge < -0.3 is 14.6 Å². The van der Waals surface area contributed by atoms with Crippen LogP contribution >= 0.6 is 0 Å². The van der Waals surface area contributed by atoms with Gasteiger partial charge in [0.05, 0.1) is 11.7 Å². The van der Waals surface area contributed by atoms with Crippen LogP contribution in [-0.4, -0.2) is 30.7 Å². The Morgan fingerprint density at radius 3 is 2.35 bits per heavy atom. The largest absolute Gasteiger partial charge is 0.400 e. The second-order valence-electron chi connectivity index (χ2n) is 6.94. The topological polar surface area (TPSA) is 38.7 Å². The lowest BCUT2D eigenvalue weighted by Crippen LogP contribution is -2.33. The Morgan fingerprint density at radius 1 is 1.15 bits per heavy atom. The Bertz CT molecular complexity index is 247. The predicted octanol–water partition coefficient (Wildman–Crippen LogP) is 4.13. The van der Waals surface area contributed by atoms with E-state index in [9.17, 15) is 0 Å². The molecule has 2 aliphatic rings. The van der Waals surface area contributed by atoms with Crippen LogP contribution in [0, 0.1) is 11.8 Å². The minimum atomic E-state index is -0.0788. The molecule has 1 aliphatic heterocycles. The summed E-state index contributed by atoms with van der Waals surface area (Å²) in [4.78, 5) is 0. The van der Waals surface area contributed by atoms with Gasteiger partial charge in [0.25, 0.3) is 0 Å². The van der Waals surface area contributed by atoms with Crippen LogP contribution in [0.5, 0.6) is 0 Å². The summed E-state index contributed by atoms with van der Waals surface area (Å²) < 4.78 is 11.3. The lowest BCUT2D eigenvalue weighted by Gasteiger charge is -2.27. The Labute approximate surface area is 125 Å². The highest BCUT2D eigenvalue weighted by molar-refractivity contribution is 4.84.